The fourth-order valence-electron chi connectivity index (χ4n) is 1.17. The lowest BCUT2D eigenvalue weighted by atomic mass is 9.94. The Bertz CT molecular complexity index is 476. The molecule has 0 N–H and O–H groups in total. The molecular formula is C10H8F12O3. The Labute approximate surface area is 130 Å². The standard InChI is InChI=1S/C10H8F12O3/c1-2-24-5(23)25-3-6(13,14)8(17,18)10(21,22)9(19,20)7(15,16)4(11)12/h4H,2-3H2,1H3. The molecule has 0 heterocycles. The van der Waals surface area contributed by atoms with Gasteiger partial charge in [-0.15, -0.1) is 0 Å². The van der Waals surface area contributed by atoms with Crippen molar-refractivity contribution in [1.82, 2.24) is 0 Å². The van der Waals surface area contributed by atoms with Crippen molar-refractivity contribution < 1.29 is 67.0 Å². The van der Waals surface area contributed by atoms with E-state index in [1.165, 1.54) is 0 Å². The van der Waals surface area contributed by atoms with E-state index in [0.717, 1.165) is 6.92 Å². The van der Waals surface area contributed by atoms with Crippen molar-refractivity contribution in [3.05, 3.63) is 0 Å². The molecule has 0 radical (unpaired) electrons. The van der Waals surface area contributed by atoms with E-state index in [2.05, 4.69) is 9.47 Å². The van der Waals surface area contributed by atoms with Crippen LogP contribution in [0.2, 0.25) is 0 Å². The predicted molar refractivity (Wildman–Crippen MR) is 53.7 cm³/mol. The van der Waals surface area contributed by atoms with Gasteiger partial charge in [0.05, 0.1) is 6.61 Å². The molecule has 0 aliphatic carbocycles. The maximum atomic E-state index is 13.1. The monoisotopic (exact) mass is 404 g/mol. The molecule has 0 aliphatic rings. The zero-order valence-corrected chi connectivity index (χ0v) is 11.8. The number of ether oxygens (including phenoxy) is 2. The Balaban J connectivity index is 5.75. The topological polar surface area (TPSA) is 35.5 Å². The van der Waals surface area contributed by atoms with E-state index >= 15 is 0 Å². The molecule has 0 bridgehead atoms. The van der Waals surface area contributed by atoms with Crippen molar-refractivity contribution in [2.45, 2.75) is 43.0 Å². The lowest BCUT2D eigenvalue weighted by molar-refractivity contribution is -0.414. The van der Waals surface area contributed by atoms with E-state index in [0.29, 0.717) is 0 Å². The van der Waals surface area contributed by atoms with Crippen LogP contribution in [0.1, 0.15) is 6.92 Å². The summed E-state index contributed by atoms with van der Waals surface area (Å²) in [6, 6.07) is 0. The van der Waals surface area contributed by atoms with Crippen LogP contribution in [-0.2, 0) is 9.47 Å². The second kappa shape index (κ2) is 6.97. The number of alkyl halides is 12. The van der Waals surface area contributed by atoms with E-state index in [4.69, 9.17) is 0 Å². The minimum Gasteiger partial charge on any atom is -0.435 e. The lowest BCUT2D eigenvalue weighted by Gasteiger charge is -2.38. The second-order valence-electron chi connectivity index (χ2n) is 4.32. The lowest BCUT2D eigenvalue weighted by Crippen LogP contribution is -2.69. The van der Waals surface area contributed by atoms with E-state index in [1.807, 2.05) is 0 Å². The van der Waals surface area contributed by atoms with Gasteiger partial charge in [-0.2, -0.15) is 43.9 Å². The van der Waals surface area contributed by atoms with Gasteiger partial charge in [-0.1, -0.05) is 0 Å². The fourth-order valence-corrected chi connectivity index (χ4v) is 1.17. The molecule has 150 valence electrons. The first kappa shape index (κ1) is 23.4. The highest BCUT2D eigenvalue weighted by atomic mass is 19.4. The number of hydrogen-bond acceptors (Lipinski definition) is 3. The molecule has 0 aromatic heterocycles. The van der Waals surface area contributed by atoms with Crippen molar-refractivity contribution >= 4 is 6.16 Å². The molecule has 0 rings (SSSR count). The Morgan fingerprint density at radius 3 is 1.60 bits per heavy atom. The average molecular weight is 404 g/mol. The quantitative estimate of drug-likeness (QED) is 0.438. The van der Waals surface area contributed by atoms with Crippen molar-refractivity contribution in [3.8, 4) is 0 Å². The number of rotatable bonds is 8. The minimum absolute atomic E-state index is 0.546. The van der Waals surface area contributed by atoms with Crippen molar-refractivity contribution in [2.24, 2.45) is 0 Å². The predicted octanol–water partition coefficient (Wildman–Crippen LogP) is 4.60. The third-order valence-corrected chi connectivity index (χ3v) is 2.57. The molecule has 0 saturated heterocycles. The Hall–Kier alpha value is -1.57. The second-order valence-corrected chi connectivity index (χ2v) is 4.32. The molecule has 25 heavy (non-hydrogen) atoms. The zero-order chi connectivity index (χ0) is 20.5. The summed E-state index contributed by atoms with van der Waals surface area (Å²) in [4.78, 5) is 10.5. The van der Waals surface area contributed by atoms with Gasteiger partial charge >= 0.3 is 42.2 Å². The summed E-state index contributed by atoms with van der Waals surface area (Å²) in [6.45, 7) is -2.45. The molecule has 0 aliphatic heterocycles. The van der Waals surface area contributed by atoms with Gasteiger partial charge in [0.2, 0.25) is 0 Å². The summed E-state index contributed by atoms with van der Waals surface area (Å²) in [5.74, 6) is -36.0. The molecule has 15 heteroatoms. The largest absolute Gasteiger partial charge is 0.508 e. The number of hydrogen-bond donors (Lipinski definition) is 0. The Morgan fingerprint density at radius 2 is 1.24 bits per heavy atom. The van der Waals surface area contributed by atoms with Gasteiger partial charge in [-0.3, -0.25) is 0 Å². The van der Waals surface area contributed by atoms with E-state index in [-0.39, 0.29) is 0 Å². The third kappa shape index (κ3) is 3.83. The van der Waals surface area contributed by atoms with Crippen LogP contribution >= 0.6 is 0 Å². The summed E-state index contributed by atoms with van der Waals surface area (Å²) in [5, 5.41) is 0. The fraction of sp³-hybridized carbons (Fsp3) is 0.900. The highest BCUT2D eigenvalue weighted by Gasteiger charge is 2.87. The average Bonchev–Trinajstić information content (AvgIpc) is 2.44. The summed E-state index contributed by atoms with van der Waals surface area (Å²) < 4.78 is 160. The first-order valence-corrected chi connectivity index (χ1v) is 5.87. The molecule has 0 fully saturated rings. The first-order chi connectivity index (χ1) is 10.9. The van der Waals surface area contributed by atoms with Gasteiger partial charge in [-0.05, 0) is 6.92 Å². The van der Waals surface area contributed by atoms with Gasteiger partial charge in [0.15, 0.2) is 6.61 Å². The summed E-state index contributed by atoms with van der Waals surface area (Å²) in [6.07, 6.45) is -7.67. The normalized spacial score (nSPS) is 14.6. The number of halogens is 12. The summed E-state index contributed by atoms with van der Waals surface area (Å²) in [7, 11) is 0. The third-order valence-electron chi connectivity index (χ3n) is 2.57. The van der Waals surface area contributed by atoms with Crippen LogP contribution in [0.25, 0.3) is 0 Å². The molecule has 0 amide bonds. The Morgan fingerprint density at radius 1 is 0.800 bits per heavy atom. The van der Waals surface area contributed by atoms with Gasteiger partial charge in [-0.25, -0.2) is 13.6 Å². The molecule has 0 atom stereocenters. The maximum absolute atomic E-state index is 13.1. The van der Waals surface area contributed by atoms with Gasteiger partial charge in [0.1, 0.15) is 0 Å². The summed E-state index contributed by atoms with van der Waals surface area (Å²) in [5.41, 5.74) is 0. The van der Waals surface area contributed by atoms with Crippen LogP contribution in [0, 0.1) is 0 Å². The van der Waals surface area contributed by atoms with Crippen LogP contribution in [0.15, 0.2) is 0 Å². The van der Waals surface area contributed by atoms with E-state index in [9.17, 15) is 57.5 Å². The molecular weight excluding hydrogens is 396 g/mol. The van der Waals surface area contributed by atoms with Crippen LogP contribution in [0.4, 0.5) is 57.5 Å². The van der Waals surface area contributed by atoms with Gasteiger partial charge in [0, 0.05) is 0 Å². The molecule has 0 spiro atoms. The number of carbonyl (C=O) groups excluding carboxylic acids is 1. The highest BCUT2D eigenvalue weighted by Crippen LogP contribution is 2.58. The molecule has 3 nitrogen and oxygen atoms in total. The zero-order valence-electron chi connectivity index (χ0n) is 11.8. The van der Waals surface area contributed by atoms with Crippen molar-refractivity contribution in [3.63, 3.8) is 0 Å². The Kier molecular flexibility index (Phi) is 6.54. The van der Waals surface area contributed by atoms with E-state index in [1.54, 1.807) is 0 Å². The molecule has 0 unspecified atom stereocenters. The van der Waals surface area contributed by atoms with Gasteiger partial charge in [0.25, 0.3) is 0 Å². The SMILES string of the molecule is CCOC(=O)OCC(F)(F)C(F)(F)C(F)(F)C(F)(F)C(F)(F)C(F)F. The van der Waals surface area contributed by atoms with Crippen LogP contribution in [0.5, 0.6) is 0 Å². The smallest absolute Gasteiger partial charge is 0.435 e. The van der Waals surface area contributed by atoms with E-state index < -0.39 is 55.4 Å². The molecule has 0 aromatic rings. The minimum atomic E-state index is -7.65. The van der Waals surface area contributed by atoms with Crippen molar-refractivity contribution in [2.75, 3.05) is 13.2 Å². The molecule has 0 aromatic carbocycles. The van der Waals surface area contributed by atoms with Gasteiger partial charge < -0.3 is 9.47 Å². The highest BCUT2D eigenvalue weighted by molar-refractivity contribution is 5.59. The van der Waals surface area contributed by atoms with Crippen LogP contribution < -0.4 is 0 Å². The first-order valence-electron chi connectivity index (χ1n) is 5.87. The summed E-state index contributed by atoms with van der Waals surface area (Å²) >= 11 is 0. The van der Waals surface area contributed by atoms with Crippen LogP contribution in [0.3, 0.4) is 0 Å². The maximum Gasteiger partial charge on any atom is 0.508 e. The van der Waals surface area contributed by atoms with Crippen LogP contribution in [-0.4, -0.2) is 55.4 Å². The number of carbonyl (C=O) groups is 1. The van der Waals surface area contributed by atoms with Crippen molar-refractivity contribution in [1.29, 1.82) is 0 Å². The molecule has 0 saturated carbocycles.